The van der Waals surface area contributed by atoms with Crippen molar-refractivity contribution in [3.05, 3.63) is 0 Å². The van der Waals surface area contributed by atoms with Crippen molar-refractivity contribution in [1.82, 2.24) is 5.32 Å². The van der Waals surface area contributed by atoms with E-state index >= 15 is 0 Å². The summed E-state index contributed by atoms with van der Waals surface area (Å²) in [5, 5.41) is 12.3. The van der Waals surface area contributed by atoms with Gasteiger partial charge >= 0.3 is 5.97 Å². The zero-order valence-corrected chi connectivity index (χ0v) is 13.5. The van der Waals surface area contributed by atoms with Crippen LogP contribution < -0.4 is 5.32 Å². The molecular weight excluding hydrogens is 270 g/mol. The maximum Gasteiger partial charge on any atom is 0.311 e. The van der Waals surface area contributed by atoms with E-state index < -0.39 is 11.4 Å². The first-order valence-corrected chi connectivity index (χ1v) is 8.06. The Morgan fingerprint density at radius 1 is 1.24 bits per heavy atom. The molecule has 0 radical (unpaired) electrons. The summed E-state index contributed by atoms with van der Waals surface area (Å²) in [5.74, 6) is -0.828. The van der Waals surface area contributed by atoms with Crippen LogP contribution in [0.25, 0.3) is 0 Å². The van der Waals surface area contributed by atoms with Gasteiger partial charge in [-0.05, 0) is 39.0 Å². The lowest BCUT2D eigenvalue weighted by Crippen LogP contribution is -2.50. The van der Waals surface area contributed by atoms with Crippen LogP contribution in [-0.2, 0) is 14.3 Å². The lowest BCUT2D eigenvalue weighted by atomic mass is 9.66. The molecule has 1 rings (SSSR count). The fraction of sp³-hybridized carbons (Fsp3) is 0.875. The van der Waals surface area contributed by atoms with Crippen LogP contribution in [0.3, 0.4) is 0 Å². The van der Waals surface area contributed by atoms with Gasteiger partial charge in [0.25, 0.3) is 0 Å². The van der Waals surface area contributed by atoms with Crippen LogP contribution in [0.2, 0.25) is 0 Å². The van der Waals surface area contributed by atoms with Gasteiger partial charge in [-0.1, -0.05) is 20.3 Å². The smallest absolute Gasteiger partial charge is 0.311 e. The summed E-state index contributed by atoms with van der Waals surface area (Å²) in [6.07, 6.45) is 4.58. The maximum atomic E-state index is 12.5. The van der Waals surface area contributed by atoms with E-state index in [1.54, 1.807) is 0 Å². The summed E-state index contributed by atoms with van der Waals surface area (Å²) in [7, 11) is 0. The van der Waals surface area contributed by atoms with E-state index in [0.717, 1.165) is 25.7 Å². The molecule has 0 spiro atoms. The summed E-state index contributed by atoms with van der Waals surface area (Å²) in [4.78, 5) is 24.0. The Hall–Kier alpha value is -1.10. The summed E-state index contributed by atoms with van der Waals surface area (Å²) >= 11 is 0. The van der Waals surface area contributed by atoms with Crippen LogP contribution in [-0.4, -0.2) is 36.7 Å². The number of carboxylic acid groups (broad SMARTS) is 1. The third-order valence-corrected chi connectivity index (χ3v) is 5.12. The molecule has 0 aromatic heterocycles. The second kappa shape index (κ2) is 7.78. The van der Waals surface area contributed by atoms with E-state index in [0.29, 0.717) is 26.1 Å². The minimum atomic E-state index is -0.847. The Kier molecular flexibility index (Phi) is 6.65. The Morgan fingerprint density at radius 2 is 1.86 bits per heavy atom. The lowest BCUT2D eigenvalue weighted by molar-refractivity contribution is -0.150. The van der Waals surface area contributed by atoms with Crippen molar-refractivity contribution in [2.24, 2.45) is 10.8 Å². The van der Waals surface area contributed by atoms with Crippen molar-refractivity contribution in [3.63, 3.8) is 0 Å². The number of aliphatic carboxylic acids is 1. The van der Waals surface area contributed by atoms with Gasteiger partial charge in [-0.15, -0.1) is 0 Å². The quantitative estimate of drug-likeness (QED) is 0.608. The van der Waals surface area contributed by atoms with E-state index in [2.05, 4.69) is 5.32 Å². The molecule has 0 heterocycles. The highest BCUT2D eigenvalue weighted by Crippen LogP contribution is 2.44. The molecule has 1 amide bonds. The number of carboxylic acids is 1. The van der Waals surface area contributed by atoms with Gasteiger partial charge in [-0.3, -0.25) is 9.59 Å². The van der Waals surface area contributed by atoms with Crippen LogP contribution in [0.5, 0.6) is 0 Å². The highest BCUT2D eigenvalue weighted by molar-refractivity contribution is 5.84. The van der Waals surface area contributed by atoms with Gasteiger partial charge in [-0.2, -0.15) is 0 Å². The van der Waals surface area contributed by atoms with Crippen molar-refractivity contribution in [3.8, 4) is 0 Å². The van der Waals surface area contributed by atoms with E-state index in [1.165, 1.54) is 0 Å². The molecule has 0 unspecified atom stereocenters. The SMILES string of the molecule is CCOCCC1(C(=O)NCC(CC)(CC)C(=O)O)CCC1. The predicted molar refractivity (Wildman–Crippen MR) is 81.1 cm³/mol. The fourth-order valence-electron chi connectivity index (χ4n) is 2.92. The molecule has 1 aliphatic rings. The zero-order valence-electron chi connectivity index (χ0n) is 13.5. The number of carbonyl (C=O) groups is 2. The fourth-order valence-corrected chi connectivity index (χ4v) is 2.92. The molecule has 0 bridgehead atoms. The third-order valence-electron chi connectivity index (χ3n) is 5.12. The monoisotopic (exact) mass is 299 g/mol. The molecule has 5 heteroatoms. The Balaban J connectivity index is 2.60. The maximum absolute atomic E-state index is 12.5. The molecule has 0 aliphatic heterocycles. The molecule has 122 valence electrons. The van der Waals surface area contributed by atoms with Crippen molar-refractivity contribution >= 4 is 11.9 Å². The van der Waals surface area contributed by atoms with Gasteiger partial charge in [0, 0.05) is 19.8 Å². The van der Waals surface area contributed by atoms with Gasteiger partial charge in [0.2, 0.25) is 5.91 Å². The molecule has 0 saturated heterocycles. The van der Waals surface area contributed by atoms with Crippen molar-refractivity contribution < 1.29 is 19.4 Å². The van der Waals surface area contributed by atoms with E-state index in [4.69, 9.17) is 4.74 Å². The number of ether oxygens (including phenoxy) is 1. The van der Waals surface area contributed by atoms with E-state index in [-0.39, 0.29) is 17.9 Å². The number of nitrogens with one attached hydrogen (secondary N) is 1. The van der Waals surface area contributed by atoms with Crippen LogP contribution in [0.1, 0.15) is 59.3 Å². The van der Waals surface area contributed by atoms with Gasteiger partial charge in [0.1, 0.15) is 0 Å². The largest absolute Gasteiger partial charge is 0.481 e. The molecule has 0 atom stereocenters. The second-order valence-corrected chi connectivity index (χ2v) is 6.06. The molecule has 5 nitrogen and oxygen atoms in total. The van der Waals surface area contributed by atoms with Crippen LogP contribution in [0, 0.1) is 10.8 Å². The number of hydrogen-bond donors (Lipinski definition) is 2. The molecule has 21 heavy (non-hydrogen) atoms. The van der Waals surface area contributed by atoms with Gasteiger partial charge in [0.15, 0.2) is 0 Å². The molecule has 0 aromatic carbocycles. The molecule has 2 N–H and O–H groups in total. The third kappa shape index (κ3) is 3.96. The molecule has 1 aliphatic carbocycles. The van der Waals surface area contributed by atoms with Crippen LogP contribution in [0.4, 0.5) is 0 Å². The van der Waals surface area contributed by atoms with Crippen molar-refractivity contribution in [1.29, 1.82) is 0 Å². The Bertz CT molecular complexity index is 359. The topological polar surface area (TPSA) is 75.6 Å². The van der Waals surface area contributed by atoms with Gasteiger partial charge in [0.05, 0.1) is 10.8 Å². The number of carbonyl (C=O) groups excluding carboxylic acids is 1. The van der Waals surface area contributed by atoms with Crippen LogP contribution >= 0.6 is 0 Å². The summed E-state index contributed by atoms with van der Waals surface area (Å²) in [5.41, 5.74) is -1.18. The predicted octanol–water partition coefficient (Wildman–Crippen LogP) is 2.59. The first-order valence-electron chi connectivity index (χ1n) is 8.06. The highest BCUT2D eigenvalue weighted by atomic mass is 16.5. The van der Waals surface area contributed by atoms with E-state index in [1.807, 2.05) is 20.8 Å². The lowest BCUT2D eigenvalue weighted by Gasteiger charge is -2.41. The first kappa shape index (κ1) is 18.0. The van der Waals surface area contributed by atoms with Gasteiger partial charge < -0.3 is 15.2 Å². The zero-order chi connectivity index (χ0) is 15.9. The average molecular weight is 299 g/mol. The number of amides is 1. The first-order chi connectivity index (χ1) is 9.96. The molecule has 0 aromatic rings. The Morgan fingerprint density at radius 3 is 2.24 bits per heavy atom. The summed E-state index contributed by atoms with van der Waals surface area (Å²) in [6.45, 7) is 7.12. The van der Waals surface area contributed by atoms with Crippen molar-refractivity contribution in [2.75, 3.05) is 19.8 Å². The second-order valence-electron chi connectivity index (χ2n) is 6.06. The molecular formula is C16H29NO4. The number of hydrogen-bond acceptors (Lipinski definition) is 3. The van der Waals surface area contributed by atoms with Gasteiger partial charge in [-0.25, -0.2) is 0 Å². The van der Waals surface area contributed by atoms with Crippen molar-refractivity contribution in [2.45, 2.75) is 59.3 Å². The minimum absolute atomic E-state index is 0.000906. The number of rotatable bonds is 10. The van der Waals surface area contributed by atoms with Crippen LogP contribution in [0.15, 0.2) is 0 Å². The average Bonchev–Trinajstić information content (AvgIpc) is 2.43. The Labute approximate surface area is 127 Å². The highest BCUT2D eigenvalue weighted by Gasteiger charge is 2.45. The normalized spacial score (nSPS) is 17.1. The summed E-state index contributed by atoms with van der Waals surface area (Å²) in [6, 6.07) is 0. The molecule has 1 fully saturated rings. The minimum Gasteiger partial charge on any atom is -0.481 e. The molecule has 1 saturated carbocycles. The van der Waals surface area contributed by atoms with E-state index in [9.17, 15) is 14.7 Å². The summed E-state index contributed by atoms with van der Waals surface area (Å²) < 4.78 is 5.37. The standard InChI is InChI=1S/C16H29NO4/c1-4-15(5-2,14(19)20)12-17-13(18)16(8-7-9-16)10-11-21-6-3/h4-12H2,1-3H3,(H,17,18)(H,19,20).